The molecule has 1 aliphatic carbocycles. The van der Waals surface area contributed by atoms with Gasteiger partial charge in [0.1, 0.15) is 5.41 Å². The average Bonchev–Trinajstić information content (AvgIpc) is 2.70. The van der Waals surface area contributed by atoms with Crippen molar-refractivity contribution in [1.82, 2.24) is 9.21 Å². The van der Waals surface area contributed by atoms with Crippen molar-refractivity contribution in [3.63, 3.8) is 0 Å². The van der Waals surface area contributed by atoms with E-state index in [0.29, 0.717) is 17.9 Å². The zero-order chi connectivity index (χ0) is 19.7. The van der Waals surface area contributed by atoms with Gasteiger partial charge in [0.2, 0.25) is 15.9 Å². The zero-order valence-electron chi connectivity index (χ0n) is 14.8. The molecule has 0 radical (unpaired) electrons. The van der Waals surface area contributed by atoms with Crippen LogP contribution < -0.4 is 0 Å². The summed E-state index contributed by atoms with van der Waals surface area (Å²) in [6, 6.07) is 6.46. The molecular weight excluding hydrogens is 409 g/mol. The monoisotopic (exact) mass is 429 g/mol. The fourth-order valence-electron chi connectivity index (χ4n) is 3.75. The van der Waals surface area contributed by atoms with E-state index in [1.165, 1.54) is 22.5 Å². The highest BCUT2D eigenvalue weighted by molar-refractivity contribution is 7.89. The van der Waals surface area contributed by atoms with E-state index in [4.69, 9.17) is 23.2 Å². The van der Waals surface area contributed by atoms with Gasteiger partial charge in [-0.15, -0.1) is 0 Å². The van der Waals surface area contributed by atoms with Gasteiger partial charge in [0.25, 0.3) is 0 Å². The molecule has 1 saturated carbocycles. The van der Waals surface area contributed by atoms with Crippen LogP contribution in [0, 0.1) is 16.7 Å². The van der Waals surface area contributed by atoms with E-state index in [-0.39, 0.29) is 42.0 Å². The van der Waals surface area contributed by atoms with E-state index in [9.17, 15) is 18.5 Å². The largest absolute Gasteiger partial charge is 0.339 e. The molecular formula is C18H21Cl2N3O3S. The molecule has 0 N–H and O–H groups in total. The Morgan fingerprint density at radius 3 is 2.22 bits per heavy atom. The van der Waals surface area contributed by atoms with E-state index in [0.717, 1.165) is 19.3 Å². The molecule has 1 aliphatic heterocycles. The number of sulfonamides is 1. The summed E-state index contributed by atoms with van der Waals surface area (Å²) in [5.41, 5.74) is -0.941. The summed E-state index contributed by atoms with van der Waals surface area (Å²) in [5, 5.41) is 10.1. The van der Waals surface area contributed by atoms with Gasteiger partial charge in [0.15, 0.2) is 0 Å². The van der Waals surface area contributed by atoms with Crippen molar-refractivity contribution >= 4 is 39.1 Å². The molecule has 2 aliphatic rings. The van der Waals surface area contributed by atoms with Gasteiger partial charge in [-0.2, -0.15) is 9.57 Å². The van der Waals surface area contributed by atoms with E-state index in [1.807, 2.05) is 0 Å². The summed E-state index contributed by atoms with van der Waals surface area (Å²) in [6.45, 7) is 0.942. The van der Waals surface area contributed by atoms with Crippen LogP contribution in [0.2, 0.25) is 10.0 Å². The molecule has 1 amide bonds. The number of piperazine rings is 1. The summed E-state index contributed by atoms with van der Waals surface area (Å²) >= 11 is 11.8. The minimum absolute atomic E-state index is 0.0810. The summed E-state index contributed by atoms with van der Waals surface area (Å²) in [7, 11) is -3.71. The Hall–Kier alpha value is -1.33. The van der Waals surface area contributed by atoms with E-state index in [2.05, 4.69) is 6.07 Å². The first-order valence-electron chi connectivity index (χ1n) is 8.96. The molecule has 9 heteroatoms. The molecule has 3 rings (SSSR count). The van der Waals surface area contributed by atoms with Gasteiger partial charge in [-0.05, 0) is 31.0 Å². The topological polar surface area (TPSA) is 81.5 Å². The quantitative estimate of drug-likeness (QED) is 0.737. The number of carbonyl (C=O) groups is 1. The number of amides is 1. The van der Waals surface area contributed by atoms with Crippen molar-refractivity contribution in [2.24, 2.45) is 5.41 Å². The normalized spacial score (nSPS) is 20.9. The van der Waals surface area contributed by atoms with E-state index >= 15 is 0 Å². The summed E-state index contributed by atoms with van der Waals surface area (Å²) in [4.78, 5) is 14.6. The van der Waals surface area contributed by atoms with Crippen LogP contribution in [0.5, 0.6) is 0 Å². The minimum atomic E-state index is -3.71. The van der Waals surface area contributed by atoms with Crippen molar-refractivity contribution in [3.05, 3.63) is 28.2 Å². The summed E-state index contributed by atoms with van der Waals surface area (Å²) in [5.74, 6) is -0.156. The van der Waals surface area contributed by atoms with Gasteiger partial charge in [0, 0.05) is 26.2 Å². The molecule has 0 unspecified atom stereocenters. The number of benzene rings is 1. The second-order valence-electron chi connectivity index (χ2n) is 7.03. The van der Waals surface area contributed by atoms with Crippen LogP contribution in [0.25, 0.3) is 0 Å². The van der Waals surface area contributed by atoms with E-state index in [1.54, 1.807) is 4.90 Å². The number of nitriles is 1. The molecule has 0 aromatic heterocycles. The number of rotatable bonds is 3. The maximum Gasteiger partial charge on any atom is 0.243 e. The van der Waals surface area contributed by atoms with Gasteiger partial charge >= 0.3 is 0 Å². The van der Waals surface area contributed by atoms with E-state index < -0.39 is 15.4 Å². The van der Waals surface area contributed by atoms with Crippen molar-refractivity contribution in [2.45, 2.75) is 37.0 Å². The third-order valence-electron chi connectivity index (χ3n) is 5.39. The van der Waals surface area contributed by atoms with Gasteiger partial charge in [-0.1, -0.05) is 42.5 Å². The fraction of sp³-hybridized carbons (Fsp3) is 0.556. The molecule has 27 heavy (non-hydrogen) atoms. The highest BCUT2D eigenvalue weighted by Gasteiger charge is 2.43. The van der Waals surface area contributed by atoms with Crippen LogP contribution >= 0.6 is 23.2 Å². The Balaban J connectivity index is 1.70. The molecule has 0 atom stereocenters. The van der Waals surface area contributed by atoms with Crippen molar-refractivity contribution in [2.75, 3.05) is 26.2 Å². The summed E-state index contributed by atoms with van der Waals surface area (Å²) in [6.07, 6.45) is 3.98. The molecule has 1 aromatic carbocycles. The highest BCUT2D eigenvalue weighted by atomic mass is 35.5. The maximum absolute atomic E-state index is 12.9. The van der Waals surface area contributed by atoms with Crippen LogP contribution in [0.15, 0.2) is 23.1 Å². The maximum atomic E-state index is 12.9. The molecule has 1 saturated heterocycles. The number of halogens is 2. The lowest BCUT2D eigenvalue weighted by molar-refractivity contribution is -0.141. The predicted molar refractivity (Wildman–Crippen MR) is 103 cm³/mol. The Morgan fingerprint density at radius 2 is 1.67 bits per heavy atom. The third-order valence-corrected chi connectivity index (χ3v) is 8.02. The SMILES string of the molecule is N#CC1(C(=O)N2CCN(S(=O)(=O)c3ccc(Cl)c(Cl)c3)CC2)CCCCC1. The van der Waals surface area contributed by atoms with Crippen molar-refractivity contribution in [3.8, 4) is 6.07 Å². The second-order valence-corrected chi connectivity index (χ2v) is 9.78. The first-order valence-corrected chi connectivity index (χ1v) is 11.2. The minimum Gasteiger partial charge on any atom is -0.339 e. The van der Waals surface area contributed by atoms with Crippen molar-refractivity contribution in [1.29, 1.82) is 5.26 Å². The lowest BCUT2D eigenvalue weighted by atomic mass is 9.74. The number of hydrogen-bond acceptors (Lipinski definition) is 4. The smallest absolute Gasteiger partial charge is 0.243 e. The molecule has 1 heterocycles. The molecule has 0 bridgehead atoms. The fourth-order valence-corrected chi connectivity index (χ4v) is 5.56. The van der Waals surface area contributed by atoms with Crippen LogP contribution in [0.4, 0.5) is 0 Å². The van der Waals surface area contributed by atoms with Gasteiger partial charge in [0.05, 0.1) is 21.0 Å². The molecule has 0 spiro atoms. The number of hydrogen-bond donors (Lipinski definition) is 0. The number of nitrogens with zero attached hydrogens (tertiary/aromatic N) is 3. The Morgan fingerprint density at radius 1 is 1.04 bits per heavy atom. The molecule has 2 fully saturated rings. The lowest BCUT2D eigenvalue weighted by Crippen LogP contribution is -2.54. The van der Waals surface area contributed by atoms with Crippen LogP contribution in [-0.2, 0) is 14.8 Å². The van der Waals surface area contributed by atoms with Gasteiger partial charge in [-0.25, -0.2) is 8.42 Å². The van der Waals surface area contributed by atoms with Crippen molar-refractivity contribution < 1.29 is 13.2 Å². The number of carbonyl (C=O) groups excluding carboxylic acids is 1. The second kappa shape index (κ2) is 7.96. The summed E-state index contributed by atoms with van der Waals surface area (Å²) < 4.78 is 27.0. The average molecular weight is 430 g/mol. The highest BCUT2D eigenvalue weighted by Crippen LogP contribution is 2.38. The zero-order valence-corrected chi connectivity index (χ0v) is 17.2. The van der Waals surface area contributed by atoms with Crippen LogP contribution in [0.1, 0.15) is 32.1 Å². The first kappa shape index (κ1) is 20.4. The first-order chi connectivity index (χ1) is 12.8. The molecule has 1 aromatic rings. The standard InChI is InChI=1S/C18H21Cl2N3O3S/c19-15-5-4-14(12-16(15)20)27(25,26)23-10-8-22(9-11-23)17(24)18(13-21)6-2-1-3-7-18/h4-5,12H,1-3,6-11H2. The Kier molecular flexibility index (Phi) is 6.02. The van der Waals surface area contributed by atoms with Crippen LogP contribution in [0.3, 0.4) is 0 Å². The van der Waals surface area contributed by atoms with Gasteiger partial charge < -0.3 is 4.90 Å². The Labute approximate surface area is 169 Å². The Bertz CT molecular complexity index is 868. The van der Waals surface area contributed by atoms with Crippen LogP contribution in [-0.4, -0.2) is 49.7 Å². The molecule has 146 valence electrons. The third kappa shape index (κ3) is 3.95. The lowest BCUT2D eigenvalue weighted by Gasteiger charge is -2.39. The van der Waals surface area contributed by atoms with Gasteiger partial charge in [-0.3, -0.25) is 4.79 Å². The predicted octanol–water partition coefficient (Wildman–Crippen LogP) is 3.30. The molecule has 6 nitrogen and oxygen atoms in total.